The van der Waals surface area contributed by atoms with Gasteiger partial charge in [-0.15, -0.1) is 0 Å². The Kier molecular flexibility index (Phi) is 2.83. The van der Waals surface area contributed by atoms with Gasteiger partial charge in [0.05, 0.1) is 5.69 Å². The van der Waals surface area contributed by atoms with Crippen molar-refractivity contribution in [3.63, 3.8) is 0 Å². The normalized spacial score (nSPS) is 10.8. The second kappa shape index (κ2) is 4.65. The van der Waals surface area contributed by atoms with Gasteiger partial charge in [-0.3, -0.25) is 4.98 Å². The first-order chi connectivity index (χ1) is 9.28. The van der Waals surface area contributed by atoms with Crippen LogP contribution in [-0.4, -0.2) is 15.0 Å². The molecule has 0 aliphatic carbocycles. The second-order valence-corrected chi connectivity index (χ2v) is 4.35. The third kappa shape index (κ3) is 2.12. The Balaban J connectivity index is 2.27. The van der Waals surface area contributed by atoms with E-state index >= 15 is 0 Å². The summed E-state index contributed by atoms with van der Waals surface area (Å²) >= 11 is 0. The van der Waals surface area contributed by atoms with Crippen LogP contribution in [0.1, 0.15) is 12.7 Å². The Morgan fingerprint density at radius 1 is 1.16 bits per heavy atom. The first-order valence-corrected chi connectivity index (χ1v) is 6.24. The number of rotatable bonds is 2. The molecule has 0 amide bonds. The van der Waals surface area contributed by atoms with Crippen molar-refractivity contribution in [1.82, 2.24) is 15.0 Å². The van der Waals surface area contributed by atoms with Crippen molar-refractivity contribution in [2.75, 3.05) is 5.73 Å². The molecule has 1 aromatic carbocycles. The summed E-state index contributed by atoms with van der Waals surface area (Å²) in [5.74, 6) is 1.27. The van der Waals surface area contributed by atoms with Gasteiger partial charge in [0.25, 0.3) is 0 Å². The third-order valence-electron chi connectivity index (χ3n) is 3.07. The highest BCUT2D eigenvalue weighted by atomic mass is 14.9. The van der Waals surface area contributed by atoms with Crippen molar-refractivity contribution in [1.29, 1.82) is 0 Å². The highest BCUT2D eigenvalue weighted by Crippen LogP contribution is 2.27. The average Bonchev–Trinajstić information content (AvgIpc) is 2.46. The first-order valence-electron chi connectivity index (χ1n) is 6.24. The number of aromatic nitrogens is 3. The van der Waals surface area contributed by atoms with Crippen LogP contribution in [0.25, 0.3) is 22.0 Å². The van der Waals surface area contributed by atoms with Gasteiger partial charge in [-0.25, -0.2) is 9.97 Å². The molecule has 4 heteroatoms. The fourth-order valence-electron chi connectivity index (χ4n) is 2.16. The van der Waals surface area contributed by atoms with Gasteiger partial charge in [0.15, 0.2) is 0 Å². The van der Waals surface area contributed by atoms with E-state index in [-0.39, 0.29) is 0 Å². The average molecular weight is 250 g/mol. The molecule has 94 valence electrons. The molecule has 0 saturated heterocycles. The summed E-state index contributed by atoms with van der Waals surface area (Å²) in [6.07, 6.45) is 4.41. The fourth-order valence-corrected chi connectivity index (χ4v) is 2.16. The summed E-state index contributed by atoms with van der Waals surface area (Å²) in [6.45, 7) is 2.02. The highest BCUT2D eigenvalue weighted by molar-refractivity contribution is 5.95. The molecule has 3 aromatic rings. The van der Waals surface area contributed by atoms with Crippen LogP contribution in [0.5, 0.6) is 0 Å². The number of hydrogen-bond acceptors (Lipinski definition) is 4. The van der Waals surface area contributed by atoms with E-state index in [9.17, 15) is 0 Å². The molecule has 0 spiro atoms. The standard InChI is InChI=1S/C15H14N4/c1-2-15-18-13(8-14(16)19-15)12-5-3-4-10-9-17-7-6-11(10)12/h3-9H,2H2,1H3,(H2,16,18,19). The van der Waals surface area contributed by atoms with Crippen LogP contribution in [0.15, 0.2) is 42.7 Å². The number of hydrogen-bond donors (Lipinski definition) is 1. The molecule has 4 nitrogen and oxygen atoms in total. The quantitative estimate of drug-likeness (QED) is 0.759. The Morgan fingerprint density at radius 2 is 2.05 bits per heavy atom. The van der Waals surface area contributed by atoms with Crippen LogP contribution in [0, 0.1) is 0 Å². The van der Waals surface area contributed by atoms with E-state index < -0.39 is 0 Å². The van der Waals surface area contributed by atoms with Gasteiger partial charge < -0.3 is 5.73 Å². The van der Waals surface area contributed by atoms with Crippen molar-refractivity contribution < 1.29 is 0 Å². The number of fused-ring (bicyclic) bond motifs is 1. The maximum atomic E-state index is 5.85. The predicted octanol–water partition coefficient (Wildman–Crippen LogP) is 2.84. The van der Waals surface area contributed by atoms with Gasteiger partial charge in [0.1, 0.15) is 11.6 Å². The number of benzene rings is 1. The fraction of sp³-hybridized carbons (Fsp3) is 0.133. The Labute approximate surface area is 111 Å². The van der Waals surface area contributed by atoms with Crippen LogP contribution in [0.4, 0.5) is 5.82 Å². The zero-order chi connectivity index (χ0) is 13.2. The van der Waals surface area contributed by atoms with Crippen molar-refractivity contribution in [2.45, 2.75) is 13.3 Å². The van der Waals surface area contributed by atoms with Crippen LogP contribution < -0.4 is 5.73 Å². The number of nitrogen functional groups attached to an aromatic ring is 1. The topological polar surface area (TPSA) is 64.7 Å². The maximum Gasteiger partial charge on any atom is 0.131 e. The summed E-state index contributed by atoms with van der Waals surface area (Å²) < 4.78 is 0. The molecule has 0 radical (unpaired) electrons. The molecule has 0 bridgehead atoms. The molecule has 0 aliphatic heterocycles. The van der Waals surface area contributed by atoms with Gasteiger partial charge in [-0.05, 0) is 11.5 Å². The van der Waals surface area contributed by atoms with E-state index in [1.165, 1.54) is 0 Å². The minimum atomic E-state index is 0.507. The number of anilines is 1. The molecule has 2 aromatic heterocycles. The monoisotopic (exact) mass is 250 g/mol. The molecular formula is C15H14N4. The smallest absolute Gasteiger partial charge is 0.131 e. The van der Waals surface area contributed by atoms with Gasteiger partial charge >= 0.3 is 0 Å². The zero-order valence-electron chi connectivity index (χ0n) is 10.7. The number of aryl methyl sites for hydroxylation is 1. The van der Waals surface area contributed by atoms with Crippen molar-refractivity contribution in [2.24, 2.45) is 0 Å². The maximum absolute atomic E-state index is 5.85. The Bertz CT molecular complexity index is 732. The minimum Gasteiger partial charge on any atom is -0.384 e. The van der Waals surface area contributed by atoms with E-state index in [0.29, 0.717) is 5.82 Å². The molecular weight excluding hydrogens is 236 g/mol. The lowest BCUT2D eigenvalue weighted by molar-refractivity contribution is 0.949. The summed E-state index contributed by atoms with van der Waals surface area (Å²) in [5.41, 5.74) is 7.77. The van der Waals surface area contributed by atoms with Crippen LogP contribution in [-0.2, 0) is 6.42 Å². The number of nitrogens with two attached hydrogens (primary N) is 1. The van der Waals surface area contributed by atoms with Crippen LogP contribution >= 0.6 is 0 Å². The van der Waals surface area contributed by atoms with Crippen molar-refractivity contribution in [3.05, 3.63) is 48.5 Å². The molecule has 0 saturated carbocycles. The lowest BCUT2D eigenvalue weighted by Gasteiger charge is -2.07. The van der Waals surface area contributed by atoms with E-state index in [0.717, 1.165) is 34.3 Å². The predicted molar refractivity (Wildman–Crippen MR) is 76.6 cm³/mol. The molecule has 2 N–H and O–H groups in total. The molecule has 19 heavy (non-hydrogen) atoms. The molecule has 0 fully saturated rings. The van der Waals surface area contributed by atoms with Crippen LogP contribution in [0.2, 0.25) is 0 Å². The summed E-state index contributed by atoms with van der Waals surface area (Å²) in [7, 11) is 0. The second-order valence-electron chi connectivity index (χ2n) is 4.35. The molecule has 3 rings (SSSR count). The van der Waals surface area contributed by atoms with Gasteiger partial charge in [0, 0.05) is 35.8 Å². The zero-order valence-corrected chi connectivity index (χ0v) is 10.7. The largest absolute Gasteiger partial charge is 0.384 e. The van der Waals surface area contributed by atoms with E-state index in [1.807, 2.05) is 43.5 Å². The van der Waals surface area contributed by atoms with E-state index in [2.05, 4.69) is 15.0 Å². The minimum absolute atomic E-state index is 0.507. The first kappa shape index (κ1) is 11.6. The van der Waals surface area contributed by atoms with Crippen molar-refractivity contribution >= 4 is 16.6 Å². The van der Waals surface area contributed by atoms with Crippen molar-refractivity contribution in [3.8, 4) is 11.3 Å². The lowest BCUT2D eigenvalue weighted by atomic mass is 10.0. The molecule has 2 heterocycles. The molecule has 0 aliphatic rings. The number of nitrogens with zero attached hydrogens (tertiary/aromatic N) is 3. The Morgan fingerprint density at radius 3 is 2.89 bits per heavy atom. The van der Waals surface area contributed by atoms with Crippen LogP contribution in [0.3, 0.4) is 0 Å². The highest BCUT2D eigenvalue weighted by Gasteiger charge is 2.07. The summed E-state index contributed by atoms with van der Waals surface area (Å²) in [5, 5.41) is 2.22. The number of pyridine rings is 1. The summed E-state index contributed by atoms with van der Waals surface area (Å²) in [6, 6.07) is 9.90. The Hall–Kier alpha value is -2.49. The van der Waals surface area contributed by atoms with E-state index in [4.69, 9.17) is 5.73 Å². The van der Waals surface area contributed by atoms with E-state index in [1.54, 1.807) is 6.20 Å². The summed E-state index contributed by atoms with van der Waals surface area (Å²) in [4.78, 5) is 12.9. The molecule has 0 atom stereocenters. The van der Waals surface area contributed by atoms with Gasteiger partial charge in [-0.1, -0.05) is 25.1 Å². The van der Waals surface area contributed by atoms with Gasteiger partial charge in [-0.2, -0.15) is 0 Å². The SMILES string of the molecule is CCc1nc(N)cc(-c2cccc3cnccc23)n1. The molecule has 0 unspecified atom stereocenters. The lowest BCUT2D eigenvalue weighted by Crippen LogP contribution is -2.00. The third-order valence-corrected chi connectivity index (χ3v) is 3.07. The van der Waals surface area contributed by atoms with Gasteiger partial charge in [0.2, 0.25) is 0 Å².